The summed E-state index contributed by atoms with van der Waals surface area (Å²) in [5.41, 5.74) is 2.41. The normalized spacial score (nSPS) is 12.0. The highest BCUT2D eigenvalue weighted by atomic mass is 16.5. The van der Waals surface area contributed by atoms with Crippen LogP contribution in [0.2, 0.25) is 0 Å². The van der Waals surface area contributed by atoms with Gasteiger partial charge in [0.1, 0.15) is 23.2 Å². The van der Waals surface area contributed by atoms with Gasteiger partial charge >= 0.3 is 5.97 Å². The highest BCUT2D eigenvalue weighted by molar-refractivity contribution is 5.98. The van der Waals surface area contributed by atoms with Gasteiger partial charge in [-0.3, -0.25) is 9.59 Å². The third kappa shape index (κ3) is 7.17. The Morgan fingerprint density at radius 1 is 1.06 bits per heavy atom. The van der Waals surface area contributed by atoms with Gasteiger partial charge in [0.05, 0.1) is 18.5 Å². The van der Waals surface area contributed by atoms with Gasteiger partial charge in [0.2, 0.25) is 0 Å². The quantitative estimate of drug-likeness (QED) is 0.101. The molecule has 0 aliphatic rings. The van der Waals surface area contributed by atoms with Crippen molar-refractivity contribution in [2.75, 3.05) is 7.11 Å². The number of esters is 1. The lowest BCUT2D eigenvalue weighted by atomic mass is 9.98. The zero-order valence-electron chi connectivity index (χ0n) is 18.6. The van der Waals surface area contributed by atoms with Gasteiger partial charge in [-0.05, 0) is 80.1 Å². The largest absolute Gasteiger partial charge is 0.496 e. The van der Waals surface area contributed by atoms with Crippen molar-refractivity contribution >= 4 is 23.1 Å². The van der Waals surface area contributed by atoms with Crippen molar-refractivity contribution in [3.8, 4) is 11.5 Å². The van der Waals surface area contributed by atoms with Crippen molar-refractivity contribution in [3.63, 3.8) is 0 Å². The van der Waals surface area contributed by atoms with Crippen LogP contribution in [0.25, 0.3) is 0 Å². The maximum Gasteiger partial charge on any atom is 0.321 e. The number of hydrogen-bond acceptors (Lipinski definition) is 6. The standard InChI is InChI=1S/C25H30N2O4/c1-6-7-8-9-22(18(4)28)25(29)31-21-13-10-19(11-14-21)26-27-20-12-15-24(30-5)23(16-20)17(2)3/h6,10-17,22H,1,7-9H2,2-5H3. The summed E-state index contributed by atoms with van der Waals surface area (Å²) >= 11 is 0. The molecule has 6 nitrogen and oxygen atoms in total. The lowest BCUT2D eigenvalue weighted by Gasteiger charge is -2.12. The Kier molecular flexibility index (Phi) is 9.13. The van der Waals surface area contributed by atoms with E-state index in [0.29, 0.717) is 30.2 Å². The molecule has 0 radical (unpaired) electrons. The van der Waals surface area contributed by atoms with Crippen LogP contribution in [0.3, 0.4) is 0 Å². The van der Waals surface area contributed by atoms with Gasteiger partial charge in [-0.2, -0.15) is 10.2 Å². The van der Waals surface area contributed by atoms with Crippen molar-refractivity contribution in [2.24, 2.45) is 16.1 Å². The summed E-state index contributed by atoms with van der Waals surface area (Å²) in [5, 5.41) is 8.53. The van der Waals surface area contributed by atoms with Gasteiger partial charge in [0.15, 0.2) is 0 Å². The van der Waals surface area contributed by atoms with Crippen LogP contribution in [0.4, 0.5) is 11.4 Å². The fraction of sp³-hybridized carbons (Fsp3) is 0.360. The highest BCUT2D eigenvalue weighted by Crippen LogP contribution is 2.31. The first-order valence-electron chi connectivity index (χ1n) is 10.4. The monoisotopic (exact) mass is 422 g/mol. The minimum absolute atomic E-state index is 0.195. The Bertz CT molecular complexity index is 933. The lowest BCUT2D eigenvalue weighted by molar-refractivity contribution is -0.143. The van der Waals surface area contributed by atoms with Crippen LogP contribution in [0.1, 0.15) is 51.5 Å². The van der Waals surface area contributed by atoms with E-state index < -0.39 is 11.9 Å². The summed E-state index contributed by atoms with van der Waals surface area (Å²) in [6, 6.07) is 12.4. The van der Waals surface area contributed by atoms with Crippen LogP contribution in [0, 0.1) is 5.92 Å². The van der Waals surface area contributed by atoms with Gasteiger partial charge < -0.3 is 9.47 Å². The smallest absolute Gasteiger partial charge is 0.321 e. The van der Waals surface area contributed by atoms with Crippen molar-refractivity contribution in [1.82, 2.24) is 0 Å². The molecule has 2 rings (SSSR count). The molecular formula is C25H30N2O4. The fourth-order valence-electron chi connectivity index (χ4n) is 3.07. The van der Waals surface area contributed by atoms with Crippen molar-refractivity contribution < 1.29 is 19.1 Å². The van der Waals surface area contributed by atoms with Crippen molar-refractivity contribution in [2.45, 2.75) is 46.0 Å². The molecular weight excluding hydrogens is 392 g/mol. The first-order chi connectivity index (χ1) is 14.8. The topological polar surface area (TPSA) is 77.3 Å². The molecule has 1 unspecified atom stereocenters. The molecule has 6 heteroatoms. The molecule has 0 fully saturated rings. The number of rotatable bonds is 11. The zero-order chi connectivity index (χ0) is 22.8. The van der Waals surface area contributed by atoms with Crippen LogP contribution in [0.15, 0.2) is 65.3 Å². The molecule has 0 spiro atoms. The van der Waals surface area contributed by atoms with E-state index in [1.165, 1.54) is 6.92 Å². The molecule has 2 aromatic rings. The van der Waals surface area contributed by atoms with Crippen molar-refractivity contribution in [3.05, 3.63) is 60.7 Å². The molecule has 0 saturated carbocycles. The second-order valence-corrected chi connectivity index (χ2v) is 7.58. The zero-order valence-corrected chi connectivity index (χ0v) is 18.6. The van der Waals surface area contributed by atoms with Gasteiger partial charge in [-0.25, -0.2) is 0 Å². The number of allylic oxidation sites excluding steroid dienone is 1. The number of ketones is 1. The average Bonchev–Trinajstić information content (AvgIpc) is 2.75. The first-order valence-corrected chi connectivity index (χ1v) is 10.4. The first kappa shape index (κ1) is 24.0. The summed E-state index contributed by atoms with van der Waals surface area (Å²) < 4.78 is 10.8. The molecule has 0 bridgehead atoms. The van der Waals surface area contributed by atoms with E-state index in [1.54, 1.807) is 37.5 Å². The summed E-state index contributed by atoms with van der Waals surface area (Å²) in [6.45, 7) is 9.25. The minimum atomic E-state index is -0.760. The number of azo groups is 1. The van der Waals surface area contributed by atoms with E-state index in [4.69, 9.17) is 9.47 Å². The Morgan fingerprint density at radius 3 is 2.29 bits per heavy atom. The average molecular weight is 423 g/mol. The van der Waals surface area contributed by atoms with E-state index in [-0.39, 0.29) is 5.78 Å². The maximum absolute atomic E-state index is 12.4. The Hall–Kier alpha value is -3.28. The van der Waals surface area contributed by atoms with E-state index in [9.17, 15) is 9.59 Å². The lowest BCUT2D eigenvalue weighted by Crippen LogP contribution is -2.26. The molecule has 1 atom stereocenters. The van der Waals surface area contributed by atoms with Crippen LogP contribution < -0.4 is 9.47 Å². The van der Waals surface area contributed by atoms with E-state index in [2.05, 4.69) is 30.7 Å². The van der Waals surface area contributed by atoms with Crippen LogP contribution in [0.5, 0.6) is 11.5 Å². The number of Topliss-reactive ketones (excluding diaryl/α,β-unsaturated/α-hetero) is 1. The minimum Gasteiger partial charge on any atom is -0.496 e. The Morgan fingerprint density at radius 2 is 1.71 bits per heavy atom. The third-order valence-electron chi connectivity index (χ3n) is 4.85. The summed E-state index contributed by atoms with van der Waals surface area (Å²) in [6.07, 6.45) is 3.69. The fourth-order valence-corrected chi connectivity index (χ4v) is 3.07. The van der Waals surface area contributed by atoms with Gasteiger partial charge in [0.25, 0.3) is 0 Å². The summed E-state index contributed by atoms with van der Waals surface area (Å²) in [4.78, 5) is 24.2. The molecule has 0 N–H and O–H groups in total. The van der Waals surface area contributed by atoms with Gasteiger partial charge in [0, 0.05) is 0 Å². The summed E-state index contributed by atoms with van der Waals surface area (Å²) in [7, 11) is 1.65. The Labute approximate surface area is 184 Å². The third-order valence-corrected chi connectivity index (χ3v) is 4.85. The molecule has 0 saturated heterocycles. The summed E-state index contributed by atoms with van der Waals surface area (Å²) in [5.74, 6) is 0.00303. The van der Waals surface area contributed by atoms with Crippen LogP contribution >= 0.6 is 0 Å². The predicted octanol–water partition coefficient (Wildman–Crippen LogP) is 6.70. The van der Waals surface area contributed by atoms with E-state index in [0.717, 1.165) is 23.4 Å². The molecule has 31 heavy (non-hydrogen) atoms. The highest BCUT2D eigenvalue weighted by Gasteiger charge is 2.24. The molecule has 2 aromatic carbocycles. The number of nitrogens with zero attached hydrogens (tertiary/aromatic N) is 2. The van der Waals surface area contributed by atoms with Crippen LogP contribution in [-0.2, 0) is 9.59 Å². The molecule has 0 aliphatic carbocycles. The number of benzene rings is 2. The van der Waals surface area contributed by atoms with E-state index >= 15 is 0 Å². The number of unbranched alkanes of at least 4 members (excludes halogenated alkanes) is 1. The Balaban J connectivity index is 2.04. The van der Waals surface area contributed by atoms with Crippen LogP contribution in [-0.4, -0.2) is 18.9 Å². The number of methoxy groups -OCH3 is 1. The van der Waals surface area contributed by atoms with Crippen molar-refractivity contribution in [1.29, 1.82) is 0 Å². The SMILES string of the molecule is C=CCCCC(C(C)=O)C(=O)Oc1ccc(N=Nc2ccc(OC)c(C(C)C)c2)cc1. The van der Waals surface area contributed by atoms with Gasteiger partial charge in [-0.15, -0.1) is 6.58 Å². The molecule has 0 aliphatic heterocycles. The second-order valence-electron chi connectivity index (χ2n) is 7.58. The predicted molar refractivity (Wildman–Crippen MR) is 122 cm³/mol. The van der Waals surface area contributed by atoms with Gasteiger partial charge in [-0.1, -0.05) is 19.9 Å². The number of hydrogen-bond donors (Lipinski definition) is 0. The molecule has 0 heterocycles. The second kappa shape index (κ2) is 11.8. The number of carbonyl (C=O) groups excluding carboxylic acids is 2. The number of carbonyl (C=O) groups is 2. The molecule has 0 aromatic heterocycles. The molecule has 0 amide bonds. The molecule has 164 valence electrons. The maximum atomic E-state index is 12.4. The number of ether oxygens (including phenoxy) is 2. The van der Waals surface area contributed by atoms with E-state index in [1.807, 2.05) is 18.2 Å².